The van der Waals surface area contributed by atoms with E-state index >= 15 is 0 Å². The average molecular weight is 284 g/mol. The second kappa shape index (κ2) is 5.26. The summed E-state index contributed by atoms with van der Waals surface area (Å²) in [6.45, 7) is 1.05. The summed E-state index contributed by atoms with van der Waals surface area (Å²) in [5, 5.41) is 3.44. The monoisotopic (exact) mass is 284 g/mol. The van der Waals surface area contributed by atoms with Crippen molar-refractivity contribution in [3.63, 3.8) is 0 Å². The molecule has 0 saturated heterocycles. The van der Waals surface area contributed by atoms with Crippen molar-refractivity contribution in [3.05, 3.63) is 42.2 Å². The molecule has 4 rings (SSSR count). The Hall–Kier alpha value is -2.27. The first-order chi connectivity index (χ1) is 10.4. The Morgan fingerprint density at radius 3 is 2.86 bits per heavy atom. The summed E-state index contributed by atoms with van der Waals surface area (Å²) in [6.07, 6.45) is 4.31. The predicted molar refractivity (Wildman–Crippen MR) is 76.7 cm³/mol. The number of fused-ring (bicyclic) bond motifs is 1. The molecule has 2 heterocycles. The van der Waals surface area contributed by atoms with Crippen molar-refractivity contribution in [2.24, 2.45) is 0 Å². The van der Waals surface area contributed by atoms with Crippen LogP contribution in [0.25, 0.3) is 0 Å². The molecule has 1 fully saturated rings. The third-order valence-corrected chi connectivity index (χ3v) is 3.52. The number of hydrogen-bond acceptors (Lipinski definition) is 5. The minimum absolute atomic E-state index is 0.269. The molecule has 2 aliphatic rings. The van der Waals surface area contributed by atoms with Gasteiger partial charge in [0, 0.05) is 30.9 Å². The molecule has 1 saturated carbocycles. The fourth-order valence-corrected chi connectivity index (χ4v) is 2.23. The maximum Gasteiger partial charge on any atom is 0.231 e. The lowest BCUT2D eigenvalue weighted by Crippen LogP contribution is -2.16. The van der Waals surface area contributed by atoms with E-state index in [-0.39, 0.29) is 6.79 Å². The Bertz CT molecular complexity index is 656. The minimum Gasteiger partial charge on any atom is -0.457 e. The van der Waals surface area contributed by atoms with Crippen molar-refractivity contribution in [1.82, 2.24) is 10.3 Å². The van der Waals surface area contributed by atoms with Gasteiger partial charge in [-0.3, -0.25) is 4.98 Å². The molecule has 0 amide bonds. The topological polar surface area (TPSA) is 52.6 Å². The minimum atomic E-state index is 0.269. The zero-order valence-electron chi connectivity index (χ0n) is 11.5. The Morgan fingerprint density at radius 1 is 1.10 bits per heavy atom. The molecule has 108 valence electrons. The molecule has 21 heavy (non-hydrogen) atoms. The first-order valence-electron chi connectivity index (χ1n) is 7.13. The van der Waals surface area contributed by atoms with Crippen molar-refractivity contribution >= 4 is 0 Å². The van der Waals surface area contributed by atoms with E-state index in [1.165, 1.54) is 12.8 Å². The Morgan fingerprint density at radius 2 is 1.95 bits per heavy atom. The zero-order chi connectivity index (χ0) is 14.1. The number of pyridine rings is 1. The second-order valence-corrected chi connectivity index (χ2v) is 5.26. The molecular weight excluding hydrogens is 268 g/mol. The number of benzene rings is 1. The number of rotatable bonds is 5. The number of ether oxygens (including phenoxy) is 3. The molecule has 1 aliphatic carbocycles. The Labute approximate surface area is 122 Å². The van der Waals surface area contributed by atoms with Crippen LogP contribution < -0.4 is 19.5 Å². The van der Waals surface area contributed by atoms with Crippen LogP contribution in [0.2, 0.25) is 0 Å². The highest BCUT2D eigenvalue weighted by molar-refractivity contribution is 5.48. The van der Waals surface area contributed by atoms with Gasteiger partial charge in [-0.15, -0.1) is 0 Å². The summed E-state index contributed by atoms with van der Waals surface area (Å²) >= 11 is 0. The molecule has 0 spiro atoms. The first kappa shape index (κ1) is 12.5. The summed E-state index contributed by atoms with van der Waals surface area (Å²) in [5.41, 5.74) is 0.986. The number of nitrogens with zero attached hydrogens (tertiary/aromatic N) is 1. The molecule has 1 aromatic carbocycles. The lowest BCUT2D eigenvalue weighted by atomic mass is 10.3. The Kier molecular flexibility index (Phi) is 3.12. The van der Waals surface area contributed by atoms with E-state index in [0.29, 0.717) is 6.04 Å². The van der Waals surface area contributed by atoms with Crippen LogP contribution in [-0.4, -0.2) is 17.8 Å². The van der Waals surface area contributed by atoms with Gasteiger partial charge in [-0.2, -0.15) is 0 Å². The lowest BCUT2D eigenvalue weighted by Gasteiger charge is -2.08. The van der Waals surface area contributed by atoms with Crippen LogP contribution in [0.5, 0.6) is 23.0 Å². The smallest absolute Gasteiger partial charge is 0.231 e. The molecule has 5 heteroatoms. The summed E-state index contributed by atoms with van der Waals surface area (Å²) < 4.78 is 16.5. The normalized spacial score (nSPS) is 16.0. The van der Waals surface area contributed by atoms with E-state index in [9.17, 15) is 0 Å². The summed E-state index contributed by atoms with van der Waals surface area (Å²) in [5.74, 6) is 2.98. The highest BCUT2D eigenvalue weighted by Crippen LogP contribution is 2.36. The summed E-state index contributed by atoms with van der Waals surface area (Å²) in [7, 11) is 0. The van der Waals surface area contributed by atoms with E-state index in [2.05, 4.69) is 10.3 Å². The van der Waals surface area contributed by atoms with Gasteiger partial charge >= 0.3 is 0 Å². The van der Waals surface area contributed by atoms with Gasteiger partial charge in [-0.05, 0) is 31.0 Å². The third-order valence-electron chi connectivity index (χ3n) is 3.52. The molecule has 0 unspecified atom stereocenters. The van der Waals surface area contributed by atoms with Crippen LogP contribution in [0.3, 0.4) is 0 Å². The van der Waals surface area contributed by atoms with E-state index < -0.39 is 0 Å². The van der Waals surface area contributed by atoms with Gasteiger partial charge in [-0.1, -0.05) is 0 Å². The van der Waals surface area contributed by atoms with E-state index in [4.69, 9.17) is 14.2 Å². The maximum atomic E-state index is 5.86. The van der Waals surface area contributed by atoms with Crippen LogP contribution >= 0.6 is 0 Å². The van der Waals surface area contributed by atoms with Crippen molar-refractivity contribution in [3.8, 4) is 23.0 Å². The van der Waals surface area contributed by atoms with Gasteiger partial charge in [0.2, 0.25) is 6.79 Å². The summed E-state index contributed by atoms with van der Waals surface area (Å²) in [6, 6.07) is 10.0. The van der Waals surface area contributed by atoms with Gasteiger partial charge < -0.3 is 19.5 Å². The fraction of sp³-hybridized carbons (Fsp3) is 0.312. The van der Waals surface area contributed by atoms with Gasteiger partial charge in [0.1, 0.15) is 11.5 Å². The van der Waals surface area contributed by atoms with Gasteiger partial charge in [-0.25, -0.2) is 0 Å². The average Bonchev–Trinajstić information content (AvgIpc) is 3.22. The Balaban J connectivity index is 1.47. The molecule has 0 bridgehead atoms. The number of hydrogen-bond donors (Lipinski definition) is 1. The molecule has 1 N–H and O–H groups in total. The van der Waals surface area contributed by atoms with Crippen LogP contribution in [-0.2, 0) is 6.54 Å². The molecule has 5 nitrogen and oxygen atoms in total. The van der Waals surface area contributed by atoms with E-state index in [1.807, 2.05) is 30.3 Å². The van der Waals surface area contributed by atoms with E-state index in [0.717, 1.165) is 35.2 Å². The molecule has 0 radical (unpaired) electrons. The maximum absolute atomic E-state index is 5.86. The van der Waals surface area contributed by atoms with Crippen molar-refractivity contribution in [2.45, 2.75) is 25.4 Å². The van der Waals surface area contributed by atoms with Crippen molar-refractivity contribution < 1.29 is 14.2 Å². The van der Waals surface area contributed by atoms with E-state index in [1.54, 1.807) is 6.20 Å². The first-order valence-corrected chi connectivity index (χ1v) is 7.13. The van der Waals surface area contributed by atoms with Crippen LogP contribution in [0.1, 0.15) is 18.5 Å². The second-order valence-electron chi connectivity index (χ2n) is 5.26. The SMILES string of the molecule is c1cc(Oc2ccc3c(c2)OCO3)cc(CNC2CC2)n1. The molecular formula is C16H16N2O3. The largest absolute Gasteiger partial charge is 0.457 e. The highest BCUT2D eigenvalue weighted by Gasteiger charge is 2.20. The number of nitrogens with one attached hydrogen (secondary N) is 1. The quantitative estimate of drug-likeness (QED) is 0.915. The molecule has 1 aliphatic heterocycles. The van der Waals surface area contributed by atoms with Gasteiger partial charge in [0.25, 0.3) is 0 Å². The molecule has 0 atom stereocenters. The fourth-order valence-electron chi connectivity index (χ4n) is 2.23. The third kappa shape index (κ3) is 2.92. The van der Waals surface area contributed by atoms with Crippen molar-refractivity contribution in [1.29, 1.82) is 0 Å². The summed E-state index contributed by atoms with van der Waals surface area (Å²) in [4.78, 5) is 4.35. The van der Waals surface area contributed by atoms with Gasteiger partial charge in [0.15, 0.2) is 11.5 Å². The standard InChI is InChI=1S/C16H16N2O3/c1-2-11(1)18-9-12-7-14(5-6-17-12)21-13-3-4-15-16(8-13)20-10-19-15/h3-8,11,18H,1-2,9-10H2. The van der Waals surface area contributed by atoms with Crippen LogP contribution in [0.15, 0.2) is 36.5 Å². The van der Waals surface area contributed by atoms with Crippen molar-refractivity contribution in [2.75, 3.05) is 6.79 Å². The number of aromatic nitrogens is 1. The molecule has 2 aromatic rings. The lowest BCUT2D eigenvalue weighted by molar-refractivity contribution is 0.174. The van der Waals surface area contributed by atoms with Crippen LogP contribution in [0.4, 0.5) is 0 Å². The predicted octanol–water partition coefficient (Wildman–Crippen LogP) is 2.85. The van der Waals surface area contributed by atoms with Crippen LogP contribution in [0, 0.1) is 0 Å². The highest BCUT2D eigenvalue weighted by atomic mass is 16.7. The molecule has 1 aromatic heterocycles. The van der Waals surface area contributed by atoms with Gasteiger partial charge in [0.05, 0.1) is 5.69 Å². The zero-order valence-corrected chi connectivity index (χ0v) is 11.5.